The minimum Gasteiger partial charge on any atom is -0.388 e. The number of aryl methyl sites for hydroxylation is 2. The molecule has 3 heteroatoms. The lowest BCUT2D eigenvalue weighted by Gasteiger charge is -2.17. The molecular formula is C14H23NO2. The highest BCUT2D eigenvalue weighted by atomic mass is 16.5. The molecule has 0 aliphatic heterocycles. The summed E-state index contributed by atoms with van der Waals surface area (Å²) in [5, 5.41) is 10.1. The molecule has 1 rings (SSSR count). The van der Waals surface area contributed by atoms with Crippen LogP contribution in [0, 0.1) is 13.8 Å². The monoisotopic (exact) mass is 237 g/mol. The van der Waals surface area contributed by atoms with Gasteiger partial charge in [-0.1, -0.05) is 29.3 Å². The van der Waals surface area contributed by atoms with Gasteiger partial charge in [-0.05, 0) is 32.3 Å². The van der Waals surface area contributed by atoms with Gasteiger partial charge in [0.2, 0.25) is 0 Å². The highest BCUT2D eigenvalue weighted by Crippen LogP contribution is 2.21. The van der Waals surface area contributed by atoms with Gasteiger partial charge in [0.05, 0.1) is 6.10 Å². The molecule has 0 bridgehead atoms. The van der Waals surface area contributed by atoms with E-state index in [1.54, 1.807) is 7.11 Å². The Morgan fingerprint density at radius 3 is 2.35 bits per heavy atom. The topological polar surface area (TPSA) is 55.5 Å². The molecule has 0 saturated carbocycles. The van der Waals surface area contributed by atoms with E-state index < -0.39 is 6.10 Å². The minimum absolute atomic E-state index is 0.0224. The Kier molecular flexibility index (Phi) is 5.62. The van der Waals surface area contributed by atoms with Crippen LogP contribution in [0.5, 0.6) is 0 Å². The Morgan fingerprint density at radius 1 is 1.24 bits per heavy atom. The van der Waals surface area contributed by atoms with E-state index in [9.17, 15) is 5.11 Å². The molecular weight excluding hydrogens is 214 g/mol. The third-order valence-electron chi connectivity index (χ3n) is 2.85. The fourth-order valence-electron chi connectivity index (χ4n) is 2.01. The number of methoxy groups -OCH3 is 1. The summed E-state index contributed by atoms with van der Waals surface area (Å²) in [5.41, 5.74) is 9.23. The third-order valence-corrected chi connectivity index (χ3v) is 2.85. The van der Waals surface area contributed by atoms with E-state index in [0.717, 1.165) is 12.0 Å². The lowest BCUT2D eigenvalue weighted by atomic mass is 9.98. The van der Waals surface area contributed by atoms with E-state index in [1.807, 2.05) is 26.0 Å². The molecule has 3 nitrogen and oxygen atoms in total. The molecule has 0 aliphatic carbocycles. The Labute approximate surface area is 104 Å². The normalized spacial score (nSPS) is 14.6. The van der Waals surface area contributed by atoms with Crippen molar-refractivity contribution in [1.29, 1.82) is 0 Å². The predicted octanol–water partition coefficient (Wildman–Crippen LogP) is 2.09. The van der Waals surface area contributed by atoms with Crippen molar-refractivity contribution in [2.24, 2.45) is 5.73 Å². The number of benzene rings is 1. The number of hydrogen-bond acceptors (Lipinski definition) is 3. The van der Waals surface area contributed by atoms with E-state index in [0.29, 0.717) is 13.0 Å². The van der Waals surface area contributed by atoms with Crippen LogP contribution in [-0.2, 0) is 4.74 Å². The second-order valence-corrected chi connectivity index (χ2v) is 4.71. The number of aliphatic hydroxyl groups is 1. The van der Waals surface area contributed by atoms with Crippen LogP contribution in [0.1, 0.15) is 35.6 Å². The Morgan fingerprint density at radius 2 is 1.82 bits per heavy atom. The minimum atomic E-state index is -0.486. The van der Waals surface area contributed by atoms with Gasteiger partial charge in [0.1, 0.15) is 0 Å². The molecule has 0 heterocycles. The van der Waals surface area contributed by atoms with Gasteiger partial charge in [-0.3, -0.25) is 0 Å². The smallest absolute Gasteiger partial charge is 0.0805 e. The van der Waals surface area contributed by atoms with Gasteiger partial charge in [-0.2, -0.15) is 0 Å². The SMILES string of the molecule is COCCC(N)CC(O)c1cc(C)cc(C)c1. The van der Waals surface area contributed by atoms with Crippen LogP contribution in [0.15, 0.2) is 18.2 Å². The van der Waals surface area contributed by atoms with Crippen molar-refractivity contribution in [2.75, 3.05) is 13.7 Å². The van der Waals surface area contributed by atoms with Gasteiger partial charge in [0, 0.05) is 19.8 Å². The molecule has 0 aliphatic rings. The summed E-state index contributed by atoms with van der Waals surface area (Å²) in [6, 6.07) is 6.11. The number of hydrogen-bond donors (Lipinski definition) is 2. The molecule has 2 unspecified atom stereocenters. The van der Waals surface area contributed by atoms with E-state index >= 15 is 0 Å². The van der Waals surface area contributed by atoms with Crippen molar-refractivity contribution in [1.82, 2.24) is 0 Å². The van der Waals surface area contributed by atoms with Gasteiger partial charge in [-0.15, -0.1) is 0 Å². The Balaban J connectivity index is 2.59. The number of ether oxygens (including phenoxy) is 1. The lowest BCUT2D eigenvalue weighted by Crippen LogP contribution is -2.24. The van der Waals surface area contributed by atoms with Crippen molar-refractivity contribution < 1.29 is 9.84 Å². The first kappa shape index (κ1) is 14.2. The molecule has 17 heavy (non-hydrogen) atoms. The molecule has 1 aromatic rings. The molecule has 0 radical (unpaired) electrons. The van der Waals surface area contributed by atoms with E-state index in [1.165, 1.54) is 11.1 Å². The number of aliphatic hydroxyl groups excluding tert-OH is 1. The van der Waals surface area contributed by atoms with Crippen molar-refractivity contribution >= 4 is 0 Å². The average Bonchev–Trinajstić information content (AvgIpc) is 2.25. The summed E-state index contributed by atoms with van der Waals surface area (Å²) in [5.74, 6) is 0. The maximum absolute atomic E-state index is 10.1. The van der Waals surface area contributed by atoms with Gasteiger partial charge in [0.15, 0.2) is 0 Å². The lowest BCUT2D eigenvalue weighted by molar-refractivity contribution is 0.141. The molecule has 1 aromatic carbocycles. The van der Waals surface area contributed by atoms with Crippen LogP contribution in [0.25, 0.3) is 0 Å². The molecule has 0 aromatic heterocycles. The van der Waals surface area contributed by atoms with E-state index in [4.69, 9.17) is 10.5 Å². The quantitative estimate of drug-likeness (QED) is 0.796. The summed E-state index contributed by atoms with van der Waals surface area (Å²) < 4.78 is 4.98. The summed E-state index contributed by atoms with van der Waals surface area (Å²) in [6.45, 7) is 4.71. The average molecular weight is 237 g/mol. The fourth-order valence-corrected chi connectivity index (χ4v) is 2.01. The van der Waals surface area contributed by atoms with Crippen LogP contribution >= 0.6 is 0 Å². The summed E-state index contributed by atoms with van der Waals surface area (Å²) >= 11 is 0. The van der Waals surface area contributed by atoms with Crippen LogP contribution in [-0.4, -0.2) is 24.9 Å². The van der Waals surface area contributed by atoms with Crippen molar-refractivity contribution in [3.8, 4) is 0 Å². The molecule has 3 N–H and O–H groups in total. The highest BCUT2D eigenvalue weighted by Gasteiger charge is 2.13. The van der Waals surface area contributed by atoms with Gasteiger partial charge < -0.3 is 15.6 Å². The molecule has 0 spiro atoms. The van der Waals surface area contributed by atoms with Crippen LogP contribution in [0.2, 0.25) is 0 Å². The van der Waals surface area contributed by atoms with Gasteiger partial charge >= 0.3 is 0 Å². The Hall–Kier alpha value is -0.900. The van der Waals surface area contributed by atoms with Crippen LogP contribution in [0.4, 0.5) is 0 Å². The first-order chi connectivity index (χ1) is 8.02. The molecule has 0 saturated heterocycles. The van der Waals surface area contributed by atoms with Crippen molar-refractivity contribution in [2.45, 2.75) is 38.8 Å². The first-order valence-electron chi connectivity index (χ1n) is 6.03. The number of nitrogens with two attached hydrogens (primary N) is 1. The third kappa shape index (κ3) is 4.86. The zero-order valence-corrected chi connectivity index (χ0v) is 10.9. The molecule has 2 atom stereocenters. The highest BCUT2D eigenvalue weighted by molar-refractivity contribution is 5.29. The summed E-state index contributed by atoms with van der Waals surface area (Å²) in [6.07, 6.45) is 0.866. The van der Waals surface area contributed by atoms with Crippen molar-refractivity contribution in [3.05, 3.63) is 34.9 Å². The maximum Gasteiger partial charge on any atom is 0.0805 e. The second kappa shape index (κ2) is 6.74. The summed E-state index contributed by atoms with van der Waals surface area (Å²) in [7, 11) is 1.66. The maximum atomic E-state index is 10.1. The standard InChI is InChI=1S/C14H23NO2/c1-10-6-11(2)8-12(7-10)14(16)9-13(15)4-5-17-3/h6-8,13-14,16H,4-5,9,15H2,1-3H3. The molecule has 0 fully saturated rings. The van der Waals surface area contributed by atoms with Crippen LogP contribution < -0.4 is 5.73 Å². The molecule has 96 valence electrons. The first-order valence-corrected chi connectivity index (χ1v) is 6.03. The van der Waals surface area contributed by atoms with E-state index in [-0.39, 0.29) is 6.04 Å². The Bertz CT molecular complexity index is 332. The van der Waals surface area contributed by atoms with E-state index in [2.05, 4.69) is 6.07 Å². The van der Waals surface area contributed by atoms with Crippen molar-refractivity contribution in [3.63, 3.8) is 0 Å². The summed E-state index contributed by atoms with van der Waals surface area (Å²) in [4.78, 5) is 0. The van der Waals surface area contributed by atoms with Gasteiger partial charge in [0.25, 0.3) is 0 Å². The molecule has 0 amide bonds. The number of rotatable bonds is 6. The largest absolute Gasteiger partial charge is 0.388 e. The fraction of sp³-hybridized carbons (Fsp3) is 0.571. The zero-order valence-electron chi connectivity index (χ0n) is 10.9. The van der Waals surface area contributed by atoms with Crippen LogP contribution in [0.3, 0.4) is 0 Å². The zero-order chi connectivity index (χ0) is 12.8. The predicted molar refractivity (Wildman–Crippen MR) is 70.0 cm³/mol. The second-order valence-electron chi connectivity index (χ2n) is 4.71. The van der Waals surface area contributed by atoms with Gasteiger partial charge in [-0.25, -0.2) is 0 Å².